The molecule has 1 fully saturated rings. The van der Waals surface area contributed by atoms with Gasteiger partial charge in [-0.05, 0) is 49.9 Å². The summed E-state index contributed by atoms with van der Waals surface area (Å²) in [5.74, 6) is 0.624. The summed E-state index contributed by atoms with van der Waals surface area (Å²) in [5.41, 5.74) is 0. The first kappa shape index (κ1) is 20.1. The van der Waals surface area contributed by atoms with Gasteiger partial charge in [0.25, 0.3) is 5.91 Å². The highest BCUT2D eigenvalue weighted by Gasteiger charge is 2.20. The van der Waals surface area contributed by atoms with Crippen LogP contribution in [0.1, 0.15) is 45.4 Å². The molecule has 0 unspecified atom stereocenters. The van der Waals surface area contributed by atoms with Crippen LogP contribution in [-0.2, 0) is 14.3 Å². The van der Waals surface area contributed by atoms with Crippen LogP contribution in [0.2, 0.25) is 5.02 Å². The predicted molar refractivity (Wildman–Crippen MR) is 102 cm³/mol. The van der Waals surface area contributed by atoms with E-state index in [2.05, 4.69) is 5.32 Å². The van der Waals surface area contributed by atoms with Crippen LogP contribution < -0.4 is 5.32 Å². The molecule has 4 nitrogen and oxygen atoms in total. The highest BCUT2D eigenvalue weighted by atomic mass is 35.5. The van der Waals surface area contributed by atoms with Gasteiger partial charge in [0.1, 0.15) is 0 Å². The van der Waals surface area contributed by atoms with Crippen molar-refractivity contribution >= 4 is 35.2 Å². The average Bonchev–Trinajstić information content (AvgIpc) is 2.62. The van der Waals surface area contributed by atoms with E-state index in [0.29, 0.717) is 23.2 Å². The van der Waals surface area contributed by atoms with Gasteiger partial charge in [-0.2, -0.15) is 0 Å². The fourth-order valence-corrected chi connectivity index (χ4v) is 3.83. The molecule has 1 aromatic carbocycles. The average molecular weight is 384 g/mol. The van der Waals surface area contributed by atoms with E-state index in [0.717, 1.165) is 4.90 Å². The number of halogens is 1. The number of esters is 1. The number of thioether (sulfide) groups is 1. The normalized spacial score (nSPS) is 16.2. The third kappa shape index (κ3) is 7.70. The van der Waals surface area contributed by atoms with Crippen LogP contribution in [0.25, 0.3) is 0 Å². The van der Waals surface area contributed by atoms with Crippen molar-refractivity contribution in [2.45, 2.75) is 56.4 Å². The first-order valence-corrected chi connectivity index (χ1v) is 10.3. The summed E-state index contributed by atoms with van der Waals surface area (Å²) in [6, 6.07) is 7.47. The molecule has 2 rings (SSSR count). The number of hydrogen-bond acceptors (Lipinski definition) is 4. The summed E-state index contributed by atoms with van der Waals surface area (Å²) < 4.78 is 5.22. The van der Waals surface area contributed by atoms with Crippen LogP contribution in [0, 0.1) is 5.92 Å². The lowest BCUT2D eigenvalue weighted by molar-refractivity contribution is -0.154. The highest BCUT2D eigenvalue weighted by molar-refractivity contribution is 7.99. The standard InChI is InChI=1S/C19H26ClNO3S/c1-14(19(23)21-13-15-5-3-2-4-6-15)24-18(22)11-12-25-17-9-7-16(20)8-10-17/h7-10,14-15H,2-6,11-13H2,1H3,(H,21,23)/t14-/m0/s1. The van der Waals surface area contributed by atoms with E-state index in [9.17, 15) is 9.59 Å². The van der Waals surface area contributed by atoms with Crippen LogP contribution in [0.4, 0.5) is 0 Å². The fraction of sp³-hybridized carbons (Fsp3) is 0.579. The molecule has 0 aromatic heterocycles. The Kier molecular flexibility index (Phi) is 8.62. The van der Waals surface area contributed by atoms with Crippen molar-refractivity contribution in [3.63, 3.8) is 0 Å². The third-order valence-electron chi connectivity index (χ3n) is 4.36. The van der Waals surface area contributed by atoms with E-state index < -0.39 is 6.10 Å². The molecule has 0 spiro atoms. The summed E-state index contributed by atoms with van der Waals surface area (Å²) in [7, 11) is 0. The van der Waals surface area contributed by atoms with Crippen LogP contribution >= 0.6 is 23.4 Å². The number of benzene rings is 1. The van der Waals surface area contributed by atoms with Crippen LogP contribution in [0.5, 0.6) is 0 Å². The van der Waals surface area contributed by atoms with E-state index in [1.165, 1.54) is 32.1 Å². The predicted octanol–water partition coefficient (Wildman–Crippen LogP) is 4.45. The molecule has 1 atom stereocenters. The maximum Gasteiger partial charge on any atom is 0.307 e. The third-order valence-corrected chi connectivity index (χ3v) is 5.62. The molecular formula is C19H26ClNO3S. The largest absolute Gasteiger partial charge is 0.453 e. The zero-order valence-electron chi connectivity index (χ0n) is 14.6. The summed E-state index contributed by atoms with van der Waals surface area (Å²) in [6.07, 6.45) is 5.68. The Balaban J connectivity index is 1.61. The molecule has 25 heavy (non-hydrogen) atoms. The van der Waals surface area contributed by atoms with E-state index in [4.69, 9.17) is 16.3 Å². The lowest BCUT2D eigenvalue weighted by Gasteiger charge is -2.22. The van der Waals surface area contributed by atoms with E-state index in [1.807, 2.05) is 24.3 Å². The van der Waals surface area contributed by atoms with Crippen molar-refractivity contribution in [1.82, 2.24) is 5.32 Å². The Morgan fingerprint density at radius 3 is 2.60 bits per heavy atom. The highest BCUT2D eigenvalue weighted by Crippen LogP contribution is 2.23. The molecule has 1 aliphatic rings. The monoisotopic (exact) mass is 383 g/mol. The van der Waals surface area contributed by atoms with Gasteiger partial charge < -0.3 is 10.1 Å². The number of ether oxygens (including phenoxy) is 1. The minimum Gasteiger partial charge on any atom is -0.453 e. The summed E-state index contributed by atoms with van der Waals surface area (Å²) >= 11 is 7.40. The molecule has 0 heterocycles. The first-order valence-electron chi connectivity index (χ1n) is 8.90. The molecular weight excluding hydrogens is 358 g/mol. The number of nitrogens with one attached hydrogen (secondary N) is 1. The second-order valence-corrected chi connectivity index (χ2v) is 8.04. The molecule has 1 aliphatic carbocycles. The van der Waals surface area contributed by atoms with Crippen molar-refractivity contribution in [2.75, 3.05) is 12.3 Å². The number of carbonyl (C=O) groups excluding carboxylic acids is 2. The molecule has 0 radical (unpaired) electrons. The number of hydrogen-bond donors (Lipinski definition) is 1. The summed E-state index contributed by atoms with van der Waals surface area (Å²) in [6.45, 7) is 2.31. The zero-order chi connectivity index (χ0) is 18.1. The number of rotatable bonds is 8. The topological polar surface area (TPSA) is 55.4 Å². The zero-order valence-corrected chi connectivity index (χ0v) is 16.2. The molecule has 6 heteroatoms. The summed E-state index contributed by atoms with van der Waals surface area (Å²) in [5, 5.41) is 3.60. The maximum absolute atomic E-state index is 12.0. The van der Waals surface area contributed by atoms with Gasteiger partial charge >= 0.3 is 5.97 Å². The number of carbonyl (C=O) groups is 2. The minimum absolute atomic E-state index is 0.204. The Bertz CT molecular complexity index is 558. The van der Waals surface area contributed by atoms with Crippen LogP contribution in [-0.4, -0.2) is 30.3 Å². The van der Waals surface area contributed by atoms with Crippen molar-refractivity contribution in [3.05, 3.63) is 29.3 Å². The van der Waals surface area contributed by atoms with Crippen LogP contribution in [0.15, 0.2) is 29.2 Å². The van der Waals surface area contributed by atoms with Gasteiger partial charge in [0.2, 0.25) is 0 Å². The van der Waals surface area contributed by atoms with Gasteiger partial charge in [0.15, 0.2) is 6.10 Å². The van der Waals surface area contributed by atoms with Gasteiger partial charge in [-0.15, -0.1) is 11.8 Å². The second-order valence-electron chi connectivity index (χ2n) is 6.43. The molecule has 138 valence electrons. The Hall–Kier alpha value is -1.20. The smallest absolute Gasteiger partial charge is 0.307 e. The Labute approximate surface area is 159 Å². The minimum atomic E-state index is -0.739. The Morgan fingerprint density at radius 1 is 1.24 bits per heavy atom. The lowest BCUT2D eigenvalue weighted by Crippen LogP contribution is -2.38. The first-order chi connectivity index (χ1) is 12.0. The van der Waals surface area contributed by atoms with Gasteiger partial charge in [-0.25, -0.2) is 0 Å². The van der Waals surface area contributed by atoms with Crippen molar-refractivity contribution < 1.29 is 14.3 Å². The molecule has 1 saturated carbocycles. The molecule has 0 bridgehead atoms. The molecule has 0 saturated heterocycles. The maximum atomic E-state index is 12.0. The van der Waals surface area contributed by atoms with E-state index in [-0.39, 0.29) is 18.3 Å². The quantitative estimate of drug-likeness (QED) is 0.532. The molecule has 1 N–H and O–H groups in total. The summed E-state index contributed by atoms with van der Waals surface area (Å²) in [4.78, 5) is 25.0. The van der Waals surface area contributed by atoms with E-state index >= 15 is 0 Å². The fourth-order valence-electron chi connectivity index (χ4n) is 2.87. The van der Waals surface area contributed by atoms with Gasteiger partial charge in [0, 0.05) is 22.2 Å². The van der Waals surface area contributed by atoms with Gasteiger partial charge in [-0.1, -0.05) is 30.9 Å². The van der Waals surface area contributed by atoms with Crippen LogP contribution in [0.3, 0.4) is 0 Å². The SMILES string of the molecule is C[C@H](OC(=O)CCSc1ccc(Cl)cc1)C(=O)NCC1CCCCC1. The lowest BCUT2D eigenvalue weighted by atomic mass is 9.89. The molecule has 0 aliphatic heterocycles. The van der Waals surface area contributed by atoms with Gasteiger partial charge in [0.05, 0.1) is 6.42 Å². The number of amides is 1. The second kappa shape index (κ2) is 10.7. The van der Waals surface area contributed by atoms with Crippen molar-refractivity contribution in [2.24, 2.45) is 5.92 Å². The van der Waals surface area contributed by atoms with E-state index in [1.54, 1.807) is 18.7 Å². The Morgan fingerprint density at radius 2 is 1.92 bits per heavy atom. The van der Waals surface area contributed by atoms with Crippen molar-refractivity contribution in [3.8, 4) is 0 Å². The molecule has 1 aromatic rings. The molecule has 1 amide bonds. The van der Waals surface area contributed by atoms with Crippen molar-refractivity contribution in [1.29, 1.82) is 0 Å². The van der Waals surface area contributed by atoms with Gasteiger partial charge in [-0.3, -0.25) is 9.59 Å².